The van der Waals surface area contributed by atoms with Crippen LogP contribution in [0.5, 0.6) is 0 Å². The second-order valence-electron chi connectivity index (χ2n) is 4.62. The first-order valence-corrected chi connectivity index (χ1v) is 8.46. The Morgan fingerprint density at radius 2 is 2.14 bits per heavy atom. The first-order chi connectivity index (χ1) is 10.7. The minimum Gasteiger partial charge on any atom is -0.462 e. The van der Waals surface area contributed by atoms with E-state index in [-0.39, 0.29) is 6.03 Å². The summed E-state index contributed by atoms with van der Waals surface area (Å²) in [5.74, 6) is 0.751. The van der Waals surface area contributed by atoms with Crippen LogP contribution in [0.25, 0.3) is 10.8 Å². The molecule has 22 heavy (non-hydrogen) atoms. The van der Waals surface area contributed by atoms with Crippen molar-refractivity contribution in [2.24, 2.45) is 0 Å². The highest BCUT2D eigenvalue weighted by Gasteiger charge is 2.12. The van der Waals surface area contributed by atoms with Crippen molar-refractivity contribution in [2.45, 2.75) is 20.0 Å². The van der Waals surface area contributed by atoms with Gasteiger partial charge in [-0.3, -0.25) is 0 Å². The van der Waals surface area contributed by atoms with Gasteiger partial charge in [-0.2, -0.15) is 0 Å². The number of aryl methyl sites for hydroxylation is 1. The molecule has 0 aliphatic carbocycles. The van der Waals surface area contributed by atoms with Crippen molar-refractivity contribution in [3.05, 3.63) is 51.4 Å². The molecule has 7 heteroatoms. The lowest BCUT2D eigenvalue weighted by molar-refractivity contribution is 0.240. The molecule has 0 unspecified atom stereocenters. The van der Waals surface area contributed by atoms with Crippen molar-refractivity contribution in [2.75, 3.05) is 0 Å². The van der Waals surface area contributed by atoms with Gasteiger partial charge in [-0.15, -0.1) is 22.7 Å². The summed E-state index contributed by atoms with van der Waals surface area (Å²) < 4.78 is 5.34. The van der Waals surface area contributed by atoms with Crippen molar-refractivity contribution in [1.29, 1.82) is 0 Å². The number of rotatable bonds is 5. The molecule has 114 valence electrons. The zero-order valence-electron chi connectivity index (χ0n) is 12.0. The highest BCUT2D eigenvalue weighted by molar-refractivity contribution is 7.15. The molecule has 0 atom stereocenters. The molecule has 0 spiro atoms. The SMILES string of the molecule is Cc1nc(-c2ccco2)sc1CNC(=O)NCc1cccs1. The van der Waals surface area contributed by atoms with Gasteiger partial charge in [0.05, 0.1) is 25.0 Å². The van der Waals surface area contributed by atoms with Gasteiger partial charge in [0.25, 0.3) is 0 Å². The molecule has 3 aromatic heterocycles. The van der Waals surface area contributed by atoms with E-state index in [4.69, 9.17) is 4.42 Å². The predicted molar refractivity (Wildman–Crippen MR) is 87.9 cm³/mol. The molecule has 0 aliphatic rings. The Hall–Kier alpha value is -2.12. The van der Waals surface area contributed by atoms with Crippen molar-refractivity contribution < 1.29 is 9.21 Å². The molecular formula is C15H15N3O2S2. The fourth-order valence-corrected chi connectivity index (χ4v) is 3.52. The molecule has 2 N–H and O–H groups in total. The molecule has 0 bridgehead atoms. The second-order valence-corrected chi connectivity index (χ2v) is 6.74. The number of thiazole rings is 1. The van der Waals surface area contributed by atoms with Crippen molar-refractivity contribution in [3.8, 4) is 10.8 Å². The van der Waals surface area contributed by atoms with E-state index in [1.54, 1.807) is 17.6 Å². The Morgan fingerprint density at radius 1 is 1.27 bits per heavy atom. The molecule has 5 nitrogen and oxygen atoms in total. The average Bonchev–Trinajstić information content (AvgIpc) is 3.24. The van der Waals surface area contributed by atoms with E-state index in [1.165, 1.54) is 11.3 Å². The standard InChI is InChI=1S/C15H15N3O2S2/c1-10-13(22-14(18-10)12-5-2-6-20-12)9-17-15(19)16-8-11-4-3-7-21-11/h2-7H,8-9H2,1H3,(H2,16,17,19). The molecule has 3 heterocycles. The molecule has 3 rings (SSSR count). The van der Waals surface area contributed by atoms with Gasteiger partial charge in [-0.05, 0) is 30.5 Å². The number of aromatic nitrogens is 1. The first kappa shape index (κ1) is 14.8. The normalized spacial score (nSPS) is 10.6. The number of hydrogen-bond acceptors (Lipinski definition) is 5. The van der Waals surface area contributed by atoms with Gasteiger partial charge in [0, 0.05) is 9.75 Å². The number of thiophene rings is 1. The maximum Gasteiger partial charge on any atom is 0.315 e. The van der Waals surface area contributed by atoms with Crippen LogP contribution in [0.1, 0.15) is 15.4 Å². The van der Waals surface area contributed by atoms with Crippen molar-refractivity contribution in [1.82, 2.24) is 15.6 Å². The Bertz CT molecular complexity index is 733. The number of carbonyl (C=O) groups excluding carboxylic acids is 1. The van der Waals surface area contributed by atoms with Gasteiger partial charge < -0.3 is 15.1 Å². The van der Waals surface area contributed by atoms with Crippen molar-refractivity contribution in [3.63, 3.8) is 0 Å². The lowest BCUT2D eigenvalue weighted by Gasteiger charge is -2.05. The van der Waals surface area contributed by atoms with Crippen LogP contribution in [0.4, 0.5) is 4.79 Å². The van der Waals surface area contributed by atoms with E-state index >= 15 is 0 Å². The summed E-state index contributed by atoms with van der Waals surface area (Å²) in [6, 6.07) is 7.50. The summed E-state index contributed by atoms with van der Waals surface area (Å²) in [5, 5.41) is 8.51. The molecule has 0 saturated heterocycles. The monoisotopic (exact) mass is 333 g/mol. The Kier molecular flexibility index (Phi) is 4.55. The number of furan rings is 1. The molecule has 0 saturated carbocycles. The molecule has 0 radical (unpaired) electrons. The fourth-order valence-electron chi connectivity index (χ4n) is 1.90. The summed E-state index contributed by atoms with van der Waals surface area (Å²) in [7, 11) is 0. The largest absolute Gasteiger partial charge is 0.462 e. The number of nitrogens with zero attached hydrogens (tertiary/aromatic N) is 1. The second kappa shape index (κ2) is 6.76. The molecule has 0 aliphatic heterocycles. The van der Waals surface area contributed by atoms with Gasteiger partial charge in [0.2, 0.25) is 0 Å². The minimum absolute atomic E-state index is 0.180. The Morgan fingerprint density at radius 3 is 2.86 bits per heavy atom. The van der Waals surface area contributed by atoms with Crippen LogP contribution in [0.15, 0.2) is 40.3 Å². The Labute approximate surface area is 136 Å². The molecule has 3 aromatic rings. The number of amides is 2. The van der Waals surface area contributed by atoms with Crippen molar-refractivity contribution >= 4 is 28.7 Å². The van der Waals surface area contributed by atoms with Gasteiger partial charge in [-0.1, -0.05) is 6.07 Å². The fraction of sp³-hybridized carbons (Fsp3) is 0.200. The third-order valence-electron chi connectivity index (χ3n) is 3.04. The van der Waals surface area contributed by atoms with Gasteiger partial charge >= 0.3 is 6.03 Å². The highest BCUT2D eigenvalue weighted by Crippen LogP contribution is 2.27. The lowest BCUT2D eigenvalue weighted by atomic mass is 10.4. The maximum absolute atomic E-state index is 11.8. The summed E-state index contributed by atoms with van der Waals surface area (Å²) in [6.45, 7) is 2.94. The summed E-state index contributed by atoms with van der Waals surface area (Å²) in [5.41, 5.74) is 0.912. The summed E-state index contributed by atoms with van der Waals surface area (Å²) in [4.78, 5) is 18.4. The number of nitrogens with one attached hydrogen (secondary N) is 2. The van der Waals surface area contributed by atoms with E-state index in [1.807, 2.05) is 36.6 Å². The van der Waals surface area contributed by atoms with Crippen LogP contribution >= 0.6 is 22.7 Å². The third-order valence-corrected chi connectivity index (χ3v) is 5.09. The maximum atomic E-state index is 11.8. The van der Waals surface area contributed by atoms with Crippen LogP contribution in [0.3, 0.4) is 0 Å². The first-order valence-electron chi connectivity index (χ1n) is 6.76. The summed E-state index contributed by atoms with van der Waals surface area (Å²) >= 11 is 3.15. The van der Waals surface area contributed by atoms with Gasteiger partial charge in [-0.25, -0.2) is 9.78 Å². The van der Waals surface area contributed by atoms with Crippen LogP contribution in [0, 0.1) is 6.92 Å². The Balaban J connectivity index is 1.54. The lowest BCUT2D eigenvalue weighted by Crippen LogP contribution is -2.34. The molecule has 2 amide bonds. The van der Waals surface area contributed by atoms with E-state index in [9.17, 15) is 4.79 Å². The van der Waals surface area contributed by atoms with Gasteiger partial charge in [0.1, 0.15) is 0 Å². The van der Waals surface area contributed by atoms with Gasteiger partial charge in [0.15, 0.2) is 10.8 Å². The molecule has 0 aromatic carbocycles. The van der Waals surface area contributed by atoms with Crippen LogP contribution in [0.2, 0.25) is 0 Å². The van der Waals surface area contributed by atoms with E-state index in [0.29, 0.717) is 13.1 Å². The molecular weight excluding hydrogens is 318 g/mol. The zero-order chi connectivity index (χ0) is 15.4. The minimum atomic E-state index is -0.180. The predicted octanol–water partition coefficient (Wildman–Crippen LogP) is 3.77. The zero-order valence-corrected chi connectivity index (χ0v) is 13.6. The summed E-state index contributed by atoms with van der Waals surface area (Å²) in [6.07, 6.45) is 1.63. The number of hydrogen-bond donors (Lipinski definition) is 2. The van der Waals surface area contributed by atoms with E-state index in [2.05, 4.69) is 15.6 Å². The van der Waals surface area contributed by atoms with E-state index in [0.717, 1.165) is 26.2 Å². The third kappa shape index (κ3) is 3.55. The average molecular weight is 333 g/mol. The highest BCUT2D eigenvalue weighted by atomic mass is 32.1. The molecule has 0 fully saturated rings. The number of urea groups is 1. The topological polar surface area (TPSA) is 67.2 Å². The van der Waals surface area contributed by atoms with Crippen LogP contribution in [-0.2, 0) is 13.1 Å². The number of carbonyl (C=O) groups is 1. The van der Waals surface area contributed by atoms with Crippen LogP contribution in [-0.4, -0.2) is 11.0 Å². The smallest absolute Gasteiger partial charge is 0.315 e. The quantitative estimate of drug-likeness (QED) is 0.747. The van der Waals surface area contributed by atoms with E-state index < -0.39 is 0 Å². The van der Waals surface area contributed by atoms with Crippen LogP contribution < -0.4 is 10.6 Å².